The third-order valence-electron chi connectivity index (χ3n) is 5.67. The van der Waals surface area contributed by atoms with Crippen molar-refractivity contribution >= 4 is 28.5 Å². The summed E-state index contributed by atoms with van der Waals surface area (Å²) in [6.45, 7) is -0.0777. The number of hydrogen-bond acceptors (Lipinski definition) is 4. The van der Waals surface area contributed by atoms with E-state index in [0.717, 1.165) is 0 Å². The molecule has 0 aliphatic carbocycles. The van der Waals surface area contributed by atoms with Crippen molar-refractivity contribution in [2.24, 2.45) is 0 Å². The first-order valence-corrected chi connectivity index (χ1v) is 10.4. The topological polar surface area (TPSA) is 70.8 Å². The molecule has 32 heavy (non-hydrogen) atoms. The van der Waals surface area contributed by atoms with Crippen molar-refractivity contribution in [3.8, 4) is 0 Å². The second kappa shape index (κ2) is 7.89. The molecule has 0 radical (unpaired) electrons. The summed E-state index contributed by atoms with van der Waals surface area (Å²) in [6, 6.07) is 18.3. The number of aliphatic hydroxyl groups is 1. The zero-order chi connectivity index (χ0) is 22.4. The van der Waals surface area contributed by atoms with Crippen LogP contribution in [0, 0.1) is 5.82 Å². The molecule has 5 rings (SSSR count). The largest absolute Gasteiger partial charge is 0.450 e. The number of benzene rings is 3. The van der Waals surface area contributed by atoms with Crippen LogP contribution < -0.4 is 5.43 Å². The number of rotatable bonds is 4. The van der Waals surface area contributed by atoms with E-state index < -0.39 is 23.9 Å². The molecule has 0 fully saturated rings. The van der Waals surface area contributed by atoms with Crippen LogP contribution >= 0.6 is 11.6 Å². The number of carbonyl (C=O) groups excluding carboxylic acids is 1. The Bertz CT molecular complexity index is 1390. The maximum atomic E-state index is 13.6. The van der Waals surface area contributed by atoms with E-state index in [0.29, 0.717) is 16.1 Å². The molecule has 2 atom stereocenters. The zero-order valence-corrected chi connectivity index (χ0v) is 17.4. The molecule has 1 aliphatic heterocycles. The smallest absolute Gasteiger partial charge is 0.291 e. The summed E-state index contributed by atoms with van der Waals surface area (Å²) in [5.41, 5.74) is 1.17. The molecule has 1 aliphatic rings. The lowest BCUT2D eigenvalue weighted by Gasteiger charge is -2.27. The van der Waals surface area contributed by atoms with E-state index in [-0.39, 0.29) is 34.3 Å². The summed E-state index contributed by atoms with van der Waals surface area (Å²) in [5.74, 6) is -1.04. The maximum Gasteiger partial charge on any atom is 0.291 e. The summed E-state index contributed by atoms with van der Waals surface area (Å²) >= 11 is 6.07. The average molecular weight is 450 g/mol. The van der Waals surface area contributed by atoms with E-state index in [1.54, 1.807) is 36.4 Å². The number of fused-ring (bicyclic) bond motifs is 2. The summed E-state index contributed by atoms with van der Waals surface area (Å²) < 4.78 is 19.4. The predicted octanol–water partition coefficient (Wildman–Crippen LogP) is 4.86. The van der Waals surface area contributed by atoms with Crippen molar-refractivity contribution in [1.82, 2.24) is 4.90 Å². The van der Waals surface area contributed by atoms with Crippen molar-refractivity contribution in [1.29, 1.82) is 0 Å². The molecular weight excluding hydrogens is 433 g/mol. The predicted molar refractivity (Wildman–Crippen MR) is 118 cm³/mol. The Kier molecular flexibility index (Phi) is 5.04. The minimum Gasteiger partial charge on any atom is -0.450 e. The monoisotopic (exact) mass is 449 g/mol. The summed E-state index contributed by atoms with van der Waals surface area (Å²) in [5, 5.41) is 11.4. The van der Waals surface area contributed by atoms with Gasteiger partial charge in [-0.2, -0.15) is 0 Å². The lowest BCUT2D eigenvalue weighted by Crippen LogP contribution is -2.33. The summed E-state index contributed by atoms with van der Waals surface area (Å²) in [7, 11) is 0. The fourth-order valence-electron chi connectivity index (χ4n) is 4.14. The number of aliphatic hydroxyl groups excluding tert-OH is 1. The number of carbonyl (C=O) groups is 1. The Hall–Kier alpha value is -3.48. The van der Waals surface area contributed by atoms with Gasteiger partial charge in [-0.1, -0.05) is 54.1 Å². The highest BCUT2D eigenvalue weighted by atomic mass is 35.5. The minimum atomic E-state index is -0.989. The van der Waals surface area contributed by atoms with Crippen molar-refractivity contribution in [2.75, 3.05) is 6.54 Å². The van der Waals surface area contributed by atoms with Crippen molar-refractivity contribution in [3.05, 3.63) is 116 Å². The highest BCUT2D eigenvalue weighted by Gasteiger charge is 2.43. The molecule has 3 aromatic carbocycles. The van der Waals surface area contributed by atoms with Crippen molar-refractivity contribution < 1.29 is 18.7 Å². The van der Waals surface area contributed by atoms with Gasteiger partial charge in [0.25, 0.3) is 5.91 Å². The van der Waals surface area contributed by atoms with Gasteiger partial charge in [-0.15, -0.1) is 0 Å². The van der Waals surface area contributed by atoms with Gasteiger partial charge in [-0.05, 0) is 41.5 Å². The third kappa shape index (κ3) is 3.38. The number of amides is 1. The molecule has 0 bridgehead atoms. The Morgan fingerprint density at radius 1 is 1.03 bits per heavy atom. The Morgan fingerprint density at radius 2 is 1.75 bits per heavy atom. The first-order chi connectivity index (χ1) is 15.4. The Labute approximate surface area is 187 Å². The molecular formula is C25H17ClFNO4. The van der Waals surface area contributed by atoms with Gasteiger partial charge in [-0.3, -0.25) is 9.59 Å². The molecule has 1 amide bonds. The maximum absolute atomic E-state index is 13.6. The summed E-state index contributed by atoms with van der Waals surface area (Å²) in [4.78, 5) is 28.2. The highest BCUT2D eigenvalue weighted by molar-refractivity contribution is 6.31. The second-order valence-corrected chi connectivity index (χ2v) is 8.09. The van der Waals surface area contributed by atoms with E-state index in [4.69, 9.17) is 16.0 Å². The first kappa shape index (κ1) is 20.4. The number of hydrogen-bond donors (Lipinski definition) is 1. The van der Waals surface area contributed by atoms with Crippen LogP contribution in [0.15, 0.2) is 82.0 Å². The van der Waals surface area contributed by atoms with Gasteiger partial charge in [-0.25, -0.2) is 4.39 Å². The van der Waals surface area contributed by atoms with Gasteiger partial charge < -0.3 is 14.4 Å². The van der Waals surface area contributed by atoms with E-state index in [1.807, 2.05) is 6.07 Å². The van der Waals surface area contributed by atoms with E-state index in [2.05, 4.69) is 0 Å². The normalized spacial score (nSPS) is 16.4. The van der Waals surface area contributed by atoms with Gasteiger partial charge in [0, 0.05) is 5.02 Å². The molecule has 1 N–H and O–H groups in total. The second-order valence-electron chi connectivity index (χ2n) is 7.65. The van der Waals surface area contributed by atoms with E-state index in [9.17, 15) is 19.1 Å². The Balaban J connectivity index is 1.68. The lowest BCUT2D eigenvalue weighted by molar-refractivity contribution is 0.0583. The minimum absolute atomic E-state index is 0.0777. The summed E-state index contributed by atoms with van der Waals surface area (Å²) in [6.07, 6.45) is -0.989. The van der Waals surface area contributed by atoms with Crippen LogP contribution in [-0.2, 0) is 0 Å². The number of nitrogens with zero attached hydrogens (tertiary/aromatic N) is 1. The number of halogens is 2. The highest BCUT2D eigenvalue weighted by Crippen LogP contribution is 2.39. The molecule has 0 saturated carbocycles. The van der Waals surface area contributed by atoms with Gasteiger partial charge in [0.1, 0.15) is 11.4 Å². The van der Waals surface area contributed by atoms with Crippen LogP contribution in [0.25, 0.3) is 11.0 Å². The molecule has 0 saturated heterocycles. The molecule has 4 aromatic rings. The molecule has 0 unspecified atom stereocenters. The van der Waals surface area contributed by atoms with E-state index in [1.165, 1.54) is 35.2 Å². The third-order valence-corrected chi connectivity index (χ3v) is 5.90. The average Bonchev–Trinajstić information content (AvgIpc) is 3.07. The molecule has 7 heteroatoms. The van der Waals surface area contributed by atoms with Gasteiger partial charge in [0.15, 0.2) is 5.43 Å². The molecule has 160 valence electrons. The van der Waals surface area contributed by atoms with Crippen LogP contribution in [0.2, 0.25) is 5.02 Å². The van der Waals surface area contributed by atoms with Gasteiger partial charge in [0.2, 0.25) is 5.76 Å². The SMILES string of the molecule is O=C1c2oc3ccc(Cl)cc3c(=O)c2[C@H](c2ccc(F)cc2)N1C[C@H](O)c1ccccc1. The molecule has 1 aromatic heterocycles. The first-order valence-electron chi connectivity index (χ1n) is 10.00. The van der Waals surface area contributed by atoms with Crippen LogP contribution in [-0.4, -0.2) is 22.5 Å². The van der Waals surface area contributed by atoms with Gasteiger partial charge in [0.05, 0.1) is 29.6 Å². The van der Waals surface area contributed by atoms with Crippen LogP contribution in [0.1, 0.15) is 39.4 Å². The lowest BCUT2D eigenvalue weighted by atomic mass is 9.98. The standard InChI is InChI=1S/C25H17ClFNO4/c26-16-8-11-20-18(12-16)23(30)21-22(15-6-9-17(27)10-7-15)28(25(31)24(21)32-20)13-19(29)14-4-2-1-3-5-14/h1-12,19,22,29H,13H2/t19-,22-/m0/s1. The zero-order valence-electron chi connectivity index (χ0n) is 16.7. The number of β-amino-alcohol motifs (C(OH)–C–C–N with tert-alkyl or cyclic N) is 1. The molecule has 2 heterocycles. The van der Waals surface area contributed by atoms with Crippen molar-refractivity contribution in [2.45, 2.75) is 12.1 Å². The van der Waals surface area contributed by atoms with Crippen LogP contribution in [0.4, 0.5) is 4.39 Å². The fraction of sp³-hybridized carbons (Fsp3) is 0.120. The molecule has 0 spiro atoms. The van der Waals surface area contributed by atoms with Crippen molar-refractivity contribution in [3.63, 3.8) is 0 Å². The van der Waals surface area contributed by atoms with Crippen LogP contribution in [0.5, 0.6) is 0 Å². The van der Waals surface area contributed by atoms with Crippen LogP contribution in [0.3, 0.4) is 0 Å². The van der Waals surface area contributed by atoms with E-state index >= 15 is 0 Å². The molecule has 5 nitrogen and oxygen atoms in total. The van der Waals surface area contributed by atoms with Gasteiger partial charge >= 0.3 is 0 Å². The Morgan fingerprint density at radius 3 is 2.47 bits per heavy atom. The quantitative estimate of drug-likeness (QED) is 0.483. The fourth-order valence-corrected chi connectivity index (χ4v) is 4.31.